The molecule has 3 aromatic carbocycles. The van der Waals surface area contributed by atoms with E-state index < -0.39 is 24.2 Å². The molecule has 1 fully saturated rings. The van der Waals surface area contributed by atoms with Crippen LogP contribution in [0.15, 0.2) is 66.7 Å². The number of thiazole rings is 1. The number of nitrogens with one attached hydrogen (secondary N) is 1. The van der Waals surface area contributed by atoms with Gasteiger partial charge in [0.05, 0.1) is 16.1 Å². The Morgan fingerprint density at radius 3 is 2.24 bits per heavy atom. The molecule has 0 radical (unpaired) electrons. The molecule has 5 rings (SSSR count). The fraction of sp³-hybridized carbons (Fsp3) is 0.222. The highest BCUT2D eigenvalue weighted by atomic mass is 32.1. The fourth-order valence-corrected chi connectivity index (χ4v) is 5.55. The van der Waals surface area contributed by atoms with E-state index in [0.717, 1.165) is 23.2 Å². The number of aromatic nitrogens is 1. The number of ketones is 1. The first-order chi connectivity index (χ1) is 17.7. The first kappa shape index (κ1) is 24.8. The van der Waals surface area contributed by atoms with Crippen LogP contribution < -0.4 is 10.1 Å². The minimum absolute atomic E-state index is 0.121. The molecule has 0 bridgehead atoms. The van der Waals surface area contributed by atoms with Crippen LogP contribution in [0, 0.1) is 11.8 Å². The van der Waals surface area contributed by atoms with E-state index in [9.17, 15) is 27.9 Å². The molecule has 10 heteroatoms. The Labute approximate surface area is 213 Å². The zero-order chi connectivity index (χ0) is 26.2. The van der Waals surface area contributed by atoms with E-state index in [-0.39, 0.29) is 11.5 Å². The van der Waals surface area contributed by atoms with Crippen LogP contribution in [0.1, 0.15) is 29.6 Å². The summed E-state index contributed by atoms with van der Waals surface area (Å²) in [5.41, 5.74) is 3.65. The molecule has 1 aliphatic rings. The number of rotatable bonds is 7. The van der Waals surface area contributed by atoms with E-state index in [2.05, 4.69) is 15.0 Å². The molecule has 6 nitrogen and oxygen atoms in total. The van der Waals surface area contributed by atoms with E-state index in [4.69, 9.17) is 0 Å². The zero-order valence-corrected chi connectivity index (χ0v) is 20.1. The number of anilines is 2. The van der Waals surface area contributed by atoms with Crippen LogP contribution in [0.2, 0.25) is 0 Å². The average Bonchev–Trinajstić information content (AvgIpc) is 3.50. The van der Waals surface area contributed by atoms with Crippen LogP contribution in [0.25, 0.3) is 21.3 Å². The molecule has 0 spiro atoms. The highest BCUT2D eigenvalue weighted by Crippen LogP contribution is 2.36. The van der Waals surface area contributed by atoms with Crippen LogP contribution in [-0.2, 0) is 4.79 Å². The number of nitrogens with zero attached hydrogens (tertiary/aromatic N) is 1. The van der Waals surface area contributed by atoms with Crippen LogP contribution in [0.3, 0.4) is 0 Å². The van der Waals surface area contributed by atoms with Crippen molar-refractivity contribution in [3.05, 3.63) is 72.3 Å². The minimum atomic E-state index is -4.75. The third-order valence-electron chi connectivity index (χ3n) is 6.40. The Hall–Kier alpha value is -3.92. The summed E-state index contributed by atoms with van der Waals surface area (Å²) in [7, 11) is 0. The van der Waals surface area contributed by atoms with E-state index in [1.807, 2.05) is 36.4 Å². The van der Waals surface area contributed by atoms with Gasteiger partial charge in [-0.15, -0.1) is 13.2 Å². The third-order valence-corrected chi connectivity index (χ3v) is 7.34. The zero-order valence-electron chi connectivity index (χ0n) is 19.3. The molecule has 1 aliphatic carbocycles. The lowest BCUT2D eigenvalue weighted by atomic mass is 9.88. The summed E-state index contributed by atoms with van der Waals surface area (Å²) in [5.74, 6) is -2.41. The minimum Gasteiger partial charge on any atom is -0.481 e. The topological polar surface area (TPSA) is 88.5 Å². The second-order valence-corrected chi connectivity index (χ2v) is 9.85. The van der Waals surface area contributed by atoms with Crippen molar-refractivity contribution in [2.75, 3.05) is 5.32 Å². The number of carboxylic acid groups (broad SMARTS) is 1. The number of carbonyl (C=O) groups excluding carboxylic acids is 1. The van der Waals surface area contributed by atoms with E-state index in [0.29, 0.717) is 33.8 Å². The first-order valence-corrected chi connectivity index (χ1v) is 12.4. The molecule has 0 amide bonds. The predicted molar refractivity (Wildman–Crippen MR) is 134 cm³/mol. The van der Waals surface area contributed by atoms with Crippen molar-refractivity contribution in [1.29, 1.82) is 0 Å². The molecule has 2 unspecified atom stereocenters. The summed E-state index contributed by atoms with van der Waals surface area (Å²) < 4.78 is 41.9. The molecule has 2 atom stereocenters. The Bertz CT molecular complexity index is 1450. The largest absolute Gasteiger partial charge is 0.573 e. The Morgan fingerprint density at radius 1 is 0.946 bits per heavy atom. The van der Waals surface area contributed by atoms with Crippen LogP contribution in [-0.4, -0.2) is 28.2 Å². The summed E-state index contributed by atoms with van der Waals surface area (Å²) in [6.07, 6.45) is -2.87. The van der Waals surface area contributed by atoms with Crippen molar-refractivity contribution >= 4 is 44.1 Å². The van der Waals surface area contributed by atoms with E-state index in [1.54, 1.807) is 12.1 Å². The average molecular weight is 527 g/mol. The van der Waals surface area contributed by atoms with Gasteiger partial charge in [-0.2, -0.15) is 0 Å². The number of carbonyl (C=O) groups is 2. The number of Topliss-reactive ketones (excluding diaryl/α,β-unsaturated/α-hetero) is 1. The van der Waals surface area contributed by atoms with Gasteiger partial charge in [-0.3, -0.25) is 9.59 Å². The van der Waals surface area contributed by atoms with Crippen LogP contribution in [0.4, 0.5) is 24.0 Å². The molecule has 0 aliphatic heterocycles. The molecule has 1 aromatic heterocycles. The number of hydrogen-bond donors (Lipinski definition) is 2. The van der Waals surface area contributed by atoms with Gasteiger partial charge in [0.25, 0.3) is 0 Å². The summed E-state index contributed by atoms with van der Waals surface area (Å²) in [6.45, 7) is 0. The maximum atomic E-state index is 12.8. The fourth-order valence-electron chi connectivity index (χ4n) is 4.64. The summed E-state index contributed by atoms with van der Waals surface area (Å²) in [4.78, 5) is 28.7. The maximum Gasteiger partial charge on any atom is 0.573 e. The van der Waals surface area contributed by atoms with Crippen molar-refractivity contribution in [1.82, 2.24) is 4.98 Å². The number of benzene rings is 3. The number of hydrogen-bond acceptors (Lipinski definition) is 6. The van der Waals surface area contributed by atoms with Gasteiger partial charge in [0.15, 0.2) is 10.9 Å². The second-order valence-electron chi connectivity index (χ2n) is 8.82. The van der Waals surface area contributed by atoms with Crippen LogP contribution in [0.5, 0.6) is 5.75 Å². The highest BCUT2D eigenvalue weighted by molar-refractivity contribution is 7.22. The molecule has 2 N–H and O–H groups in total. The lowest BCUT2D eigenvalue weighted by Crippen LogP contribution is -2.25. The summed E-state index contributed by atoms with van der Waals surface area (Å²) in [5, 5.41) is 13.1. The number of ether oxygens (including phenoxy) is 1. The number of aliphatic carboxylic acids is 1. The van der Waals surface area contributed by atoms with Gasteiger partial charge in [0, 0.05) is 23.2 Å². The van der Waals surface area contributed by atoms with Crippen molar-refractivity contribution in [2.45, 2.75) is 25.6 Å². The first-order valence-electron chi connectivity index (χ1n) is 11.6. The molecule has 1 saturated carbocycles. The van der Waals surface area contributed by atoms with Crippen molar-refractivity contribution < 1.29 is 32.6 Å². The monoisotopic (exact) mass is 526 g/mol. The predicted octanol–water partition coefficient (Wildman–Crippen LogP) is 7.29. The number of carboxylic acids is 1. The molecule has 37 heavy (non-hydrogen) atoms. The Kier molecular flexibility index (Phi) is 6.59. The lowest BCUT2D eigenvalue weighted by Gasteiger charge is -2.14. The molecule has 4 aromatic rings. The van der Waals surface area contributed by atoms with Crippen LogP contribution >= 0.6 is 11.3 Å². The summed E-state index contributed by atoms with van der Waals surface area (Å²) in [6, 6.07) is 18.7. The molecular formula is C27H21F3N2O4S. The maximum absolute atomic E-state index is 12.8. The third kappa shape index (κ3) is 5.59. The van der Waals surface area contributed by atoms with Crippen molar-refractivity contribution in [2.24, 2.45) is 11.8 Å². The van der Waals surface area contributed by atoms with Gasteiger partial charge < -0.3 is 15.2 Å². The molecule has 0 saturated heterocycles. The summed E-state index contributed by atoms with van der Waals surface area (Å²) >= 11 is 1.21. The smallest absolute Gasteiger partial charge is 0.481 e. The molecular weight excluding hydrogens is 505 g/mol. The van der Waals surface area contributed by atoms with Gasteiger partial charge in [0.1, 0.15) is 5.75 Å². The lowest BCUT2D eigenvalue weighted by molar-refractivity contribution is -0.274. The van der Waals surface area contributed by atoms with E-state index in [1.165, 1.54) is 29.5 Å². The molecule has 190 valence electrons. The number of fused-ring (bicyclic) bond motifs is 1. The normalized spacial score (nSPS) is 17.6. The van der Waals surface area contributed by atoms with Gasteiger partial charge >= 0.3 is 12.3 Å². The van der Waals surface area contributed by atoms with Gasteiger partial charge in [-0.25, -0.2) is 4.98 Å². The van der Waals surface area contributed by atoms with Crippen molar-refractivity contribution in [3.8, 4) is 16.9 Å². The van der Waals surface area contributed by atoms with Gasteiger partial charge in [-0.1, -0.05) is 54.2 Å². The Morgan fingerprint density at radius 2 is 1.59 bits per heavy atom. The van der Waals surface area contributed by atoms with E-state index >= 15 is 0 Å². The highest BCUT2D eigenvalue weighted by Gasteiger charge is 2.38. The quantitative estimate of drug-likeness (QED) is 0.246. The standard InChI is InChI=1S/C27H21F3N2O4S/c28-27(29,30)36-19-12-13-22-23(14-19)37-26(32-22)31-18-10-8-16(9-11-18)15-4-6-17(7-5-15)24(33)20-2-1-3-21(20)25(34)35/h4-14,20-21H,1-3H2,(H,31,32)(H,34,35). The van der Waals surface area contributed by atoms with Gasteiger partial charge in [0.2, 0.25) is 0 Å². The number of halogens is 3. The number of alkyl halides is 3. The second kappa shape index (κ2) is 9.85. The van der Waals surface area contributed by atoms with Crippen molar-refractivity contribution in [3.63, 3.8) is 0 Å². The van der Waals surface area contributed by atoms with Gasteiger partial charge in [-0.05, 0) is 48.2 Å². The Balaban J connectivity index is 1.26. The SMILES string of the molecule is O=C(O)C1CCCC1C(=O)c1ccc(-c2ccc(Nc3nc4ccc(OC(F)(F)F)cc4s3)cc2)cc1. The molecule has 1 heterocycles.